The first-order valence-electron chi connectivity index (χ1n) is 2.42. The Hall–Kier alpha value is 0.620. The lowest BCUT2D eigenvalue weighted by Gasteiger charge is -1.79. The molecule has 0 spiro atoms. The maximum Gasteiger partial charge on any atom is 0.0402 e. The monoisotopic (exact) mass is 155 g/mol. The molecule has 8 heavy (non-hydrogen) atoms. The second-order valence-corrected chi connectivity index (χ2v) is 3.11. The molecule has 0 radical (unpaired) electrons. The molecule has 0 aromatic carbocycles. The molecule has 2 nitrogen and oxygen atoms in total. The van der Waals surface area contributed by atoms with E-state index in [1.54, 1.807) is 17.7 Å². The largest absolute Gasteiger partial charge is 0.397 e. The van der Waals surface area contributed by atoms with Crippen molar-refractivity contribution in [2.45, 2.75) is 13.8 Å². The van der Waals surface area contributed by atoms with Gasteiger partial charge in [-0.1, -0.05) is 17.7 Å². The molecule has 0 aromatic heterocycles. The molecule has 0 aliphatic heterocycles. The van der Waals surface area contributed by atoms with Crippen LogP contribution in [0.25, 0.3) is 0 Å². The second-order valence-electron chi connectivity index (χ2n) is 0.819. The van der Waals surface area contributed by atoms with E-state index in [1.807, 2.05) is 0 Å². The van der Waals surface area contributed by atoms with Gasteiger partial charge in [0.05, 0.1) is 0 Å². The zero-order valence-electron chi connectivity index (χ0n) is 5.26. The summed E-state index contributed by atoms with van der Waals surface area (Å²) in [4.78, 5) is 0. The van der Waals surface area contributed by atoms with Gasteiger partial charge in [-0.15, -0.1) is 0 Å². The Balaban J connectivity index is 0. The van der Waals surface area contributed by atoms with Crippen LogP contribution < -0.4 is 5.14 Å². The van der Waals surface area contributed by atoms with E-state index in [-0.39, 0.29) is 6.61 Å². The van der Waals surface area contributed by atoms with E-state index in [0.29, 0.717) is 0 Å². The number of rotatable bonds is 2. The summed E-state index contributed by atoms with van der Waals surface area (Å²) in [5.41, 5.74) is 0. The third-order valence-electron chi connectivity index (χ3n) is 0.186. The van der Waals surface area contributed by atoms with Gasteiger partial charge in [-0.3, -0.25) is 5.14 Å². The summed E-state index contributed by atoms with van der Waals surface area (Å²) in [6.45, 7) is 4.00. The van der Waals surface area contributed by atoms with E-state index in [1.165, 1.54) is 11.0 Å². The van der Waals surface area contributed by atoms with Crippen LogP contribution in [0.3, 0.4) is 0 Å². The first-order valence-corrected chi connectivity index (χ1v) is 4.80. The van der Waals surface area contributed by atoms with Crippen LogP contribution in [0.2, 0.25) is 0 Å². The topological polar surface area (TPSA) is 46.2 Å². The van der Waals surface area contributed by atoms with Crippen molar-refractivity contribution in [1.82, 2.24) is 0 Å². The van der Waals surface area contributed by atoms with E-state index in [0.717, 1.165) is 5.75 Å². The van der Waals surface area contributed by atoms with Crippen molar-refractivity contribution in [2.75, 3.05) is 12.4 Å². The maximum atomic E-state index is 7.57. The summed E-state index contributed by atoms with van der Waals surface area (Å²) >= 11 is 0. The quantitative estimate of drug-likeness (QED) is 0.465. The Morgan fingerprint density at radius 3 is 1.88 bits per heavy atom. The number of hydrogen-bond acceptors (Lipinski definition) is 4. The Kier molecular flexibility index (Phi) is 22.3. The van der Waals surface area contributed by atoms with E-state index in [4.69, 9.17) is 10.2 Å². The van der Waals surface area contributed by atoms with Gasteiger partial charge in [0.2, 0.25) is 0 Å². The van der Waals surface area contributed by atoms with Gasteiger partial charge >= 0.3 is 0 Å². The molecule has 3 N–H and O–H groups in total. The Morgan fingerprint density at radius 1 is 1.50 bits per heavy atom. The highest BCUT2D eigenvalue weighted by Crippen LogP contribution is 2.10. The fraction of sp³-hybridized carbons (Fsp3) is 1.00. The third kappa shape index (κ3) is 30.5. The lowest BCUT2D eigenvalue weighted by atomic mass is 10.9. The SMILES string of the molecule is CCO.CCSSN. The average Bonchev–Trinajstić information content (AvgIpc) is 1.71. The Bertz CT molecular complexity index is 28.0. The van der Waals surface area contributed by atoms with Crippen molar-refractivity contribution in [1.29, 1.82) is 0 Å². The van der Waals surface area contributed by atoms with Crippen molar-refractivity contribution in [3.8, 4) is 0 Å². The van der Waals surface area contributed by atoms with Gasteiger partial charge in [0.25, 0.3) is 0 Å². The minimum absolute atomic E-state index is 0.250. The van der Waals surface area contributed by atoms with Crippen molar-refractivity contribution in [2.24, 2.45) is 5.14 Å². The standard InChI is InChI=1S/C2H7NS2.C2H6O/c1-2-4-5-3;1-2-3/h2-3H2,1H3;3H,2H2,1H3. The highest BCUT2D eigenvalue weighted by atomic mass is 33.1. The summed E-state index contributed by atoms with van der Waals surface area (Å²) in [6.07, 6.45) is 0. The molecule has 0 unspecified atom stereocenters. The molecule has 4 heteroatoms. The molecule has 0 amide bonds. The molecule has 0 saturated heterocycles. The van der Waals surface area contributed by atoms with Gasteiger partial charge in [-0.2, -0.15) is 0 Å². The van der Waals surface area contributed by atoms with Crippen molar-refractivity contribution >= 4 is 21.8 Å². The summed E-state index contributed by atoms with van der Waals surface area (Å²) in [6, 6.07) is 0. The molecule has 0 heterocycles. The molecule has 0 bridgehead atoms. The molecule has 0 aromatic rings. The number of aliphatic hydroxyl groups is 1. The van der Waals surface area contributed by atoms with Crippen molar-refractivity contribution < 1.29 is 5.11 Å². The number of nitrogens with two attached hydrogens (primary N) is 1. The van der Waals surface area contributed by atoms with Gasteiger partial charge in [-0.05, 0) is 17.9 Å². The van der Waals surface area contributed by atoms with Crippen LogP contribution in [0.4, 0.5) is 0 Å². The summed E-state index contributed by atoms with van der Waals surface area (Å²) in [5.74, 6) is 1.10. The van der Waals surface area contributed by atoms with Crippen LogP contribution in [0.5, 0.6) is 0 Å². The molecule has 0 fully saturated rings. The highest BCUT2D eigenvalue weighted by Gasteiger charge is 1.68. The molecule has 0 rings (SSSR count). The molecule has 0 atom stereocenters. The average molecular weight is 155 g/mol. The van der Waals surface area contributed by atoms with Gasteiger partial charge in [-0.25, -0.2) is 0 Å². The molecule has 0 aliphatic rings. The fourth-order valence-corrected chi connectivity index (χ4v) is 0.612. The molecular formula is C4H13NOS2. The van der Waals surface area contributed by atoms with E-state index in [9.17, 15) is 0 Å². The minimum atomic E-state index is 0.250. The van der Waals surface area contributed by atoms with Gasteiger partial charge in [0.15, 0.2) is 0 Å². The molecule has 52 valence electrons. The molecule has 0 aliphatic carbocycles. The Labute approximate surface area is 58.8 Å². The van der Waals surface area contributed by atoms with Crippen LogP contribution in [0, 0.1) is 0 Å². The molecule has 0 saturated carbocycles. The van der Waals surface area contributed by atoms with Crippen LogP contribution in [0.1, 0.15) is 13.8 Å². The van der Waals surface area contributed by atoms with Gasteiger partial charge in [0.1, 0.15) is 0 Å². The summed E-state index contributed by atoms with van der Waals surface area (Å²) < 4.78 is 0. The van der Waals surface area contributed by atoms with Gasteiger partial charge in [0, 0.05) is 12.4 Å². The zero-order chi connectivity index (χ0) is 6.83. The first-order chi connectivity index (χ1) is 3.83. The zero-order valence-corrected chi connectivity index (χ0v) is 6.89. The minimum Gasteiger partial charge on any atom is -0.397 e. The highest BCUT2D eigenvalue weighted by molar-refractivity contribution is 8.75. The Morgan fingerprint density at radius 2 is 1.88 bits per heavy atom. The summed E-state index contributed by atoms with van der Waals surface area (Å²) in [5, 5.41) is 12.6. The van der Waals surface area contributed by atoms with Crippen LogP contribution >= 0.6 is 21.8 Å². The fourth-order valence-electron chi connectivity index (χ4n) is 0.0680. The predicted octanol–water partition coefficient (Wildman–Crippen LogP) is 1.26. The van der Waals surface area contributed by atoms with Gasteiger partial charge < -0.3 is 5.11 Å². The van der Waals surface area contributed by atoms with E-state index in [2.05, 4.69) is 6.92 Å². The lowest BCUT2D eigenvalue weighted by Crippen LogP contribution is -1.68. The van der Waals surface area contributed by atoms with Crippen molar-refractivity contribution in [3.05, 3.63) is 0 Å². The number of hydrogen-bond donors (Lipinski definition) is 2. The van der Waals surface area contributed by atoms with E-state index < -0.39 is 0 Å². The van der Waals surface area contributed by atoms with E-state index >= 15 is 0 Å². The van der Waals surface area contributed by atoms with Crippen LogP contribution in [-0.4, -0.2) is 17.5 Å². The van der Waals surface area contributed by atoms with Crippen LogP contribution in [0.15, 0.2) is 0 Å². The molecular weight excluding hydrogens is 142 g/mol. The lowest BCUT2D eigenvalue weighted by molar-refractivity contribution is 0.318. The third-order valence-corrected chi connectivity index (χ3v) is 1.67. The van der Waals surface area contributed by atoms with Crippen molar-refractivity contribution in [3.63, 3.8) is 0 Å². The smallest absolute Gasteiger partial charge is 0.0402 e. The summed E-state index contributed by atoms with van der Waals surface area (Å²) in [7, 11) is 2.98. The predicted molar refractivity (Wildman–Crippen MR) is 42.7 cm³/mol. The second kappa shape index (κ2) is 15.6. The number of aliphatic hydroxyl groups excluding tert-OH is 1. The van der Waals surface area contributed by atoms with Crippen LogP contribution in [-0.2, 0) is 0 Å². The normalized spacial score (nSPS) is 7.50. The maximum absolute atomic E-state index is 7.57. The first kappa shape index (κ1) is 11.4.